The van der Waals surface area contributed by atoms with Crippen LogP contribution < -0.4 is 0 Å². The molecule has 2 aromatic rings. The quantitative estimate of drug-likeness (QED) is 0.839. The van der Waals surface area contributed by atoms with Crippen molar-refractivity contribution >= 4 is 23.5 Å². The molecule has 0 atom stereocenters. The lowest BCUT2D eigenvalue weighted by molar-refractivity contribution is -0.133. The highest BCUT2D eigenvalue weighted by molar-refractivity contribution is 7.99. The molecule has 0 unspecified atom stereocenters. The number of carboxylic acid groups (broad SMARTS) is 1. The summed E-state index contributed by atoms with van der Waals surface area (Å²) in [6.45, 7) is 0. The van der Waals surface area contributed by atoms with Crippen molar-refractivity contribution in [2.75, 3.05) is 5.75 Å². The molecule has 2 heterocycles. The Morgan fingerprint density at radius 3 is 3.20 bits per heavy atom. The standard InChI is InChI=1S/C9H9N3O2S/c13-8(14)6-15-5-7-4-12-3-1-2-10-9(12)11-7/h1-4H,5-6H2,(H,13,14). The van der Waals surface area contributed by atoms with Gasteiger partial charge in [-0.3, -0.25) is 9.20 Å². The number of fused-ring (bicyclic) bond motifs is 1. The minimum absolute atomic E-state index is 0.0985. The SMILES string of the molecule is O=C(O)CSCc1cn2cccnc2n1. The molecule has 0 amide bonds. The van der Waals surface area contributed by atoms with Crippen molar-refractivity contribution in [1.29, 1.82) is 0 Å². The Morgan fingerprint density at radius 1 is 1.60 bits per heavy atom. The normalized spacial score (nSPS) is 10.7. The van der Waals surface area contributed by atoms with Crippen LogP contribution in [0.3, 0.4) is 0 Å². The minimum atomic E-state index is -0.804. The number of imidazole rings is 1. The predicted molar refractivity (Wildman–Crippen MR) is 56.8 cm³/mol. The van der Waals surface area contributed by atoms with Gasteiger partial charge >= 0.3 is 5.97 Å². The highest BCUT2D eigenvalue weighted by Gasteiger charge is 2.03. The van der Waals surface area contributed by atoms with Crippen LogP contribution in [0.25, 0.3) is 5.78 Å². The van der Waals surface area contributed by atoms with Gasteiger partial charge in [-0.1, -0.05) is 0 Å². The second kappa shape index (κ2) is 4.31. The minimum Gasteiger partial charge on any atom is -0.481 e. The van der Waals surface area contributed by atoms with Gasteiger partial charge in [0.2, 0.25) is 5.78 Å². The Labute approximate surface area is 90.2 Å². The maximum Gasteiger partial charge on any atom is 0.313 e. The second-order valence-electron chi connectivity index (χ2n) is 2.95. The molecule has 0 aromatic carbocycles. The molecule has 2 rings (SSSR count). The monoisotopic (exact) mass is 223 g/mol. The zero-order valence-electron chi connectivity index (χ0n) is 7.83. The maximum atomic E-state index is 10.3. The molecule has 0 bridgehead atoms. The van der Waals surface area contributed by atoms with Crippen LogP contribution in [-0.2, 0) is 10.5 Å². The molecule has 0 aliphatic carbocycles. The van der Waals surface area contributed by atoms with Gasteiger partial charge < -0.3 is 5.11 Å². The molecular weight excluding hydrogens is 214 g/mol. The van der Waals surface area contributed by atoms with Crippen molar-refractivity contribution in [3.8, 4) is 0 Å². The summed E-state index contributed by atoms with van der Waals surface area (Å²) < 4.78 is 1.82. The smallest absolute Gasteiger partial charge is 0.313 e. The Morgan fingerprint density at radius 2 is 2.47 bits per heavy atom. The number of hydrogen-bond donors (Lipinski definition) is 1. The highest BCUT2D eigenvalue weighted by Crippen LogP contribution is 2.11. The summed E-state index contributed by atoms with van der Waals surface area (Å²) in [7, 11) is 0. The van der Waals surface area contributed by atoms with Crippen molar-refractivity contribution in [1.82, 2.24) is 14.4 Å². The highest BCUT2D eigenvalue weighted by atomic mass is 32.2. The van der Waals surface area contributed by atoms with Gasteiger partial charge in [0.15, 0.2) is 0 Å². The van der Waals surface area contributed by atoms with Crippen molar-refractivity contribution in [2.24, 2.45) is 0 Å². The van der Waals surface area contributed by atoms with Gasteiger partial charge in [0.25, 0.3) is 0 Å². The number of aromatic nitrogens is 3. The summed E-state index contributed by atoms with van der Waals surface area (Å²) in [5.74, 6) is 0.530. The zero-order chi connectivity index (χ0) is 10.7. The van der Waals surface area contributed by atoms with Crippen LogP contribution in [0.15, 0.2) is 24.7 Å². The third-order valence-electron chi connectivity index (χ3n) is 1.76. The van der Waals surface area contributed by atoms with Crippen LogP contribution in [0.1, 0.15) is 5.69 Å². The molecule has 0 spiro atoms. The first-order chi connectivity index (χ1) is 7.25. The van der Waals surface area contributed by atoms with Gasteiger partial charge in [-0.05, 0) is 6.07 Å². The van der Waals surface area contributed by atoms with Gasteiger partial charge in [0.1, 0.15) is 0 Å². The molecule has 0 radical (unpaired) electrons. The average molecular weight is 223 g/mol. The molecule has 6 heteroatoms. The van der Waals surface area contributed by atoms with E-state index in [-0.39, 0.29) is 5.75 Å². The fourth-order valence-electron chi connectivity index (χ4n) is 1.19. The third kappa shape index (κ3) is 2.47. The number of carboxylic acids is 1. The Hall–Kier alpha value is -1.56. The van der Waals surface area contributed by atoms with E-state index in [1.807, 2.05) is 22.9 Å². The molecule has 0 aliphatic heterocycles. The molecule has 0 fully saturated rings. The number of rotatable bonds is 4. The molecule has 78 valence electrons. The Bertz CT molecular complexity index is 450. The number of carbonyl (C=O) groups is 1. The molecule has 0 aliphatic rings. The first-order valence-corrected chi connectivity index (χ1v) is 5.49. The fraction of sp³-hybridized carbons (Fsp3) is 0.222. The van der Waals surface area contributed by atoms with E-state index >= 15 is 0 Å². The van der Waals surface area contributed by atoms with E-state index in [2.05, 4.69) is 9.97 Å². The molecule has 5 nitrogen and oxygen atoms in total. The summed E-state index contributed by atoms with van der Waals surface area (Å²) >= 11 is 1.33. The summed E-state index contributed by atoms with van der Waals surface area (Å²) in [6.07, 6.45) is 5.40. The van der Waals surface area contributed by atoms with Gasteiger partial charge in [0.05, 0.1) is 11.4 Å². The van der Waals surface area contributed by atoms with Crippen molar-refractivity contribution in [3.05, 3.63) is 30.4 Å². The van der Waals surface area contributed by atoms with Crippen LogP contribution in [0.5, 0.6) is 0 Å². The molecule has 2 aromatic heterocycles. The van der Waals surface area contributed by atoms with E-state index < -0.39 is 5.97 Å². The first-order valence-electron chi connectivity index (χ1n) is 4.34. The van der Waals surface area contributed by atoms with Crippen LogP contribution >= 0.6 is 11.8 Å². The van der Waals surface area contributed by atoms with Gasteiger partial charge in [-0.25, -0.2) is 9.97 Å². The summed E-state index contributed by atoms with van der Waals surface area (Å²) in [6, 6.07) is 1.82. The topological polar surface area (TPSA) is 67.5 Å². The van der Waals surface area contributed by atoms with Crippen LogP contribution in [0, 0.1) is 0 Å². The number of nitrogens with zero attached hydrogens (tertiary/aromatic N) is 3. The number of thioether (sulfide) groups is 1. The third-order valence-corrected chi connectivity index (χ3v) is 2.71. The van der Waals surface area contributed by atoms with Crippen molar-refractivity contribution in [3.63, 3.8) is 0 Å². The average Bonchev–Trinajstić information content (AvgIpc) is 2.59. The van der Waals surface area contributed by atoms with Crippen molar-refractivity contribution in [2.45, 2.75) is 5.75 Å². The van der Waals surface area contributed by atoms with E-state index in [1.54, 1.807) is 6.20 Å². The molecule has 0 saturated heterocycles. The Kier molecular flexibility index (Phi) is 2.86. The summed E-state index contributed by atoms with van der Waals surface area (Å²) in [4.78, 5) is 18.6. The lowest BCUT2D eigenvalue weighted by atomic mass is 10.6. The summed E-state index contributed by atoms with van der Waals surface area (Å²) in [5, 5.41) is 8.47. The van der Waals surface area contributed by atoms with Crippen LogP contribution in [0.2, 0.25) is 0 Å². The number of hydrogen-bond acceptors (Lipinski definition) is 4. The van der Waals surface area contributed by atoms with E-state index in [0.29, 0.717) is 11.5 Å². The molecule has 0 saturated carbocycles. The van der Waals surface area contributed by atoms with E-state index in [1.165, 1.54) is 11.8 Å². The second-order valence-corrected chi connectivity index (χ2v) is 3.93. The van der Waals surface area contributed by atoms with Crippen LogP contribution in [-0.4, -0.2) is 31.2 Å². The molecular formula is C9H9N3O2S. The van der Waals surface area contributed by atoms with E-state index in [9.17, 15) is 4.79 Å². The fourth-order valence-corrected chi connectivity index (χ4v) is 1.82. The first kappa shape index (κ1) is 9.97. The summed E-state index contributed by atoms with van der Waals surface area (Å²) in [5.41, 5.74) is 0.847. The van der Waals surface area contributed by atoms with E-state index in [4.69, 9.17) is 5.11 Å². The predicted octanol–water partition coefficient (Wildman–Crippen LogP) is 1.05. The Balaban J connectivity index is 2.05. The lowest BCUT2D eigenvalue weighted by Gasteiger charge is -1.92. The van der Waals surface area contributed by atoms with E-state index in [0.717, 1.165) is 5.69 Å². The zero-order valence-corrected chi connectivity index (χ0v) is 8.65. The maximum absolute atomic E-state index is 10.3. The van der Waals surface area contributed by atoms with Gasteiger partial charge in [-0.2, -0.15) is 0 Å². The largest absolute Gasteiger partial charge is 0.481 e. The number of aliphatic carboxylic acids is 1. The van der Waals surface area contributed by atoms with Crippen LogP contribution in [0.4, 0.5) is 0 Å². The lowest BCUT2D eigenvalue weighted by Crippen LogP contribution is -1.98. The molecule has 1 N–H and O–H groups in total. The molecule has 15 heavy (non-hydrogen) atoms. The van der Waals surface area contributed by atoms with Gasteiger partial charge in [0, 0.05) is 24.3 Å². The van der Waals surface area contributed by atoms with Gasteiger partial charge in [-0.15, -0.1) is 11.8 Å². The van der Waals surface area contributed by atoms with Crippen molar-refractivity contribution < 1.29 is 9.90 Å².